The van der Waals surface area contributed by atoms with E-state index in [0.29, 0.717) is 17.7 Å². The number of benzene rings is 1. The van der Waals surface area contributed by atoms with Gasteiger partial charge in [-0.3, -0.25) is 4.98 Å². The van der Waals surface area contributed by atoms with Crippen molar-refractivity contribution in [3.8, 4) is 5.75 Å². The minimum atomic E-state index is -4.34. The molecular formula is C12H9ClF2N2O3S. The molecule has 2 aromatic rings. The molecule has 21 heavy (non-hydrogen) atoms. The van der Waals surface area contributed by atoms with Crippen LogP contribution in [0.4, 0.5) is 8.78 Å². The second-order valence-corrected chi connectivity index (χ2v) is 5.95. The number of pyridine rings is 1. The normalized spacial score (nSPS) is 11.4. The predicted octanol–water partition coefficient (Wildman–Crippen LogP) is 2.24. The molecule has 0 aliphatic rings. The minimum Gasteiger partial charge on any atom is -0.484 e. The minimum absolute atomic E-state index is 0.230. The lowest BCUT2D eigenvalue weighted by atomic mass is 10.3. The van der Waals surface area contributed by atoms with Gasteiger partial charge in [-0.15, -0.1) is 0 Å². The smallest absolute Gasteiger partial charge is 0.241 e. The molecule has 2 rings (SSSR count). The first kappa shape index (κ1) is 15.6. The van der Waals surface area contributed by atoms with Crippen LogP contribution in [0, 0.1) is 11.6 Å². The number of nitrogens with two attached hydrogens (primary N) is 1. The number of halogens is 3. The molecule has 5 nitrogen and oxygen atoms in total. The summed E-state index contributed by atoms with van der Waals surface area (Å²) in [6, 6.07) is 2.60. The number of hydrogen-bond donors (Lipinski definition) is 1. The lowest BCUT2D eigenvalue weighted by Gasteiger charge is -2.12. The van der Waals surface area contributed by atoms with Crippen molar-refractivity contribution in [2.24, 2.45) is 5.14 Å². The summed E-state index contributed by atoms with van der Waals surface area (Å²) in [5.41, 5.74) is 0.454. The van der Waals surface area contributed by atoms with Crippen LogP contribution in [0.2, 0.25) is 5.02 Å². The van der Waals surface area contributed by atoms with E-state index in [4.69, 9.17) is 21.5 Å². The Bertz CT molecular complexity index is 784. The molecule has 1 aromatic heterocycles. The van der Waals surface area contributed by atoms with E-state index >= 15 is 0 Å². The summed E-state index contributed by atoms with van der Waals surface area (Å²) in [4.78, 5) is 2.99. The van der Waals surface area contributed by atoms with Gasteiger partial charge in [-0.25, -0.2) is 22.3 Å². The average molecular weight is 335 g/mol. The number of hydrogen-bond acceptors (Lipinski definition) is 4. The molecule has 0 aliphatic carbocycles. The Hall–Kier alpha value is -1.77. The van der Waals surface area contributed by atoms with Crippen molar-refractivity contribution in [2.75, 3.05) is 0 Å². The Balaban J connectivity index is 2.39. The van der Waals surface area contributed by atoms with E-state index in [1.807, 2.05) is 0 Å². The molecule has 0 bridgehead atoms. The number of primary sulfonamides is 1. The van der Waals surface area contributed by atoms with Gasteiger partial charge in [-0.05, 0) is 12.1 Å². The van der Waals surface area contributed by atoms with Gasteiger partial charge < -0.3 is 4.74 Å². The molecule has 0 amide bonds. The summed E-state index contributed by atoms with van der Waals surface area (Å²) in [6.07, 6.45) is 2.79. The van der Waals surface area contributed by atoms with Gasteiger partial charge in [0.2, 0.25) is 10.0 Å². The predicted molar refractivity (Wildman–Crippen MR) is 71.3 cm³/mol. The molecule has 0 radical (unpaired) electrons. The fourth-order valence-corrected chi connectivity index (χ4v) is 2.42. The fourth-order valence-electron chi connectivity index (χ4n) is 1.56. The Morgan fingerprint density at radius 2 is 2.05 bits per heavy atom. The van der Waals surface area contributed by atoms with Crippen LogP contribution in [0.25, 0.3) is 0 Å². The van der Waals surface area contributed by atoms with E-state index < -0.39 is 32.3 Å². The molecule has 1 aromatic carbocycles. The summed E-state index contributed by atoms with van der Waals surface area (Å²) >= 11 is 5.85. The average Bonchev–Trinajstić information content (AvgIpc) is 2.37. The van der Waals surface area contributed by atoms with Gasteiger partial charge in [0.25, 0.3) is 0 Å². The highest BCUT2D eigenvalue weighted by atomic mass is 35.5. The van der Waals surface area contributed by atoms with Crippen LogP contribution >= 0.6 is 11.6 Å². The zero-order valence-electron chi connectivity index (χ0n) is 10.4. The van der Waals surface area contributed by atoms with E-state index in [0.717, 1.165) is 0 Å². The quantitative estimate of drug-likeness (QED) is 0.929. The van der Waals surface area contributed by atoms with Gasteiger partial charge in [-0.1, -0.05) is 11.6 Å². The van der Waals surface area contributed by atoms with Crippen LogP contribution in [0.1, 0.15) is 5.56 Å². The Labute approximate surface area is 124 Å². The molecule has 0 atom stereocenters. The third-order valence-corrected chi connectivity index (χ3v) is 3.77. The number of aromatic nitrogens is 1. The summed E-state index contributed by atoms with van der Waals surface area (Å²) < 4.78 is 54.7. The van der Waals surface area contributed by atoms with Crippen LogP contribution in [0.3, 0.4) is 0 Å². The monoisotopic (exact) mass is 334 g/mol. The van der Waals surface area contributed by atoms with Crippen LogP contribution < -0.4 is 9.88 Å². The first-order valence-corrected chi connectivity index (χ1v) is 7.44. The maximum Gasteiger partial charge on any atom is 0.241 e. The largest absolute Gasteiger partial charge is 0.484 e. The first-order valence-electron chi connectivity index (χ1n) is 5.52. The van der Waals surface area contributed by atoms with Crippen LogP contribution in [-0.4, -0.2) is 13.4 Å². The molecular weight excluding hydrogens is 326 g/mol. The third-order valence-electron chi connectivity index (χ3n) is 2.51. The Morgan fingerprint density at radius 1 is 1.33 bits per heavy atom. The van der Waals surface area contributed by atoms with E-state index in [-0.39, 0.29) is 11.6 Å². The topological polar surface area (TPSA) is 82.3 Å². The number of sulfonamides is 1. The Kier molecular flexibility index (Phi) is 4.40. The first-order chi connectivity index (χ1) is 9.79. The zero-order valence-corrected chi connectivity index (χ0v) is 12.0. The van der Waals surface area contributed by atoms with Crippen molar-refractivity contribution in [3.63, 3.8) is 0 Å². The fraction of sp³-hybridized carbons (Fsp3) is 0.0833. The van der Waals surface area contributed by atoms with Gasteiger partial charge in [0, 0.05) is 24.0 Å². The molecule has 0 saturated carbocycles. The molecule has 0 saturated heterocycles. The van der Waals surface area contributed by atoms with Crippen molar-refractivity contribution < 1.29 is 21.9 Å². The van der Waals surface area contributed by atoms with Crippen molar-refractivity contribution >= 4 is 21.6 Å². The lowest BCUT2D eigenvalue weighted by molar-refractivity contribution is 0.280. The van der Waals surface area contributed by atoms with Crippen LogP contribution in [-0.2, 0) is 16.6 Å². The molecule has 0 fully saturated rings. The van der Waals surface area contributed by atoms with Gasteiger partial charge in [0.15, 0.2) is 11.6 Å². The lowest BCUT2D eigenvalue weighted by Crippen LogP contribution is -2.15. The van der Waals surface area contributed by atoms with E-state index in [1.54, 1.807) is 0 Å². The number of rotatable bonds is 4. The standard InChI is InChI=1S/C12H9ClF2N2O3S/c13-9-5-17-2-1-7(9)6-20-12-10(15)3-8(14)4-11(12)21(16,18)19/h1-5H,6H2,(H2,16,18,19). The third kappa shape index (κ3) is 3.66. The molecule has 0 unspecified atom stereocenters. The zero-order chi connectivity index (χ0) is 15.6. The van der Waals surface area contributed by atoms with Crippen LogP contribution in [0.5, 0.6) is 5.75 Å². The Morgan fingerprint density at radius 3 is 2.67 bits per heavy atom. The maximum atomic E-state index is 13.7. The summed E-state index contributed by atoms with van der Waals surface area (Å²) in [7, 11) is -4.34. The SMILES string of the molecule is NS(=O)(=O)c1cc(F)cc(F)c1OCc1ccncc1Cl. The van der Waals surface area contributed by atoms with Crippen molar-refractivity contribution in [2.45, 2.75) is 11.5 Å². The summed E-state index contributed by atoms with van der Waals surface area (Å²) in [5, 5.41) is 5.18. The van der Waals surface area contributed by atoms with Gasteiger partial charge >= 0.3 is 0 Å². The molecule has 0 spiro atoms. The second-order valence-electron chi connectivity index (χ2n) is 4.02. The van der Waals surface area contributed by atoms with Crippen molar-refractivity contribution in [3.05, 3.63) is 52.8 Å². The van der Waals surface area contributed by atoms with E-state index in [9.17, 15) is 17.2 Å². The summed E-state index contributed by atoms with van der Waals surface area (Å²) in [5.74, 6) is -2.91. The van der Waals surface area contributed by atoms with Gasteiger partial charge in [0.05, 0.1) is 5.02 Å². The van der Waals surface area contributed by atoms with E-state index in [1.165, 1.54) is 18.5 Å². The molecule has 2 N–H and O–H groups in total. The molecule has 112 valence electrons. The highest BCUT2D eigenvalue weighted by molar-refractivity contribution is 7.89. The molecule has 9 heteroatoms. The highest BCUT2D eigenvalue weighted by Gasteiger charge is 2.21. The summed E-state index contributed by atoms with van der Waals surface area (Å²) in [6.45, 7) is -0.230. The van der Waals surface area contributed by atoms with Gasteiger partial charge in [0.1, 0.15) is 17.3 Å². The number of ether oxygens (including phenoxy) is 1. The van der Waals surface area contributed by atoms with Crippen molar-refractivity contribution in [1.29, 1.82) is 0 Å². The number of nitrogens with zero attached hydrogens (tertiary/aromatic N) is 1. The highest BCUT2D eigenvalue weighted by Crippen LogP contribution is 2.29. The van der Waals surface area contributed by atoms with E-state index in [2.05, 4.69) is 4.98 Å². The van der Waals surface area contributed by atoms with Gasteiger partial charge in [-0.2, -0.15) is 0 Å². The van der Waals surface area contributed by atoms with Crippen LogP contribution in [0.15, 0.2) is 35.5 Å². The maximum absolute atomic E-state index is 13.7. The van der Waals surface area contributed by atoms with Crippen molar-refractivity contribution in [1.82, 2.24) is 4.98 Å². The molecule has 0 aliphatic heterocycles. The second kappa shape index (κ2) is 5.92. The molecule has 1 heterocycles.